The summed E-state index contributed by atoms with van der Waals surface area (Å²) in [5.74, 6) is 0.910. The van der Waals surface area contributed by atoms with Crippen molar-refractivity contribution in [1.29, 1.82) is 0 Å². The van der Waals surface area contributed by atoms with Crippen molar-refractivity contribution in [2.45, 2.75) is 6.54 Å². The molecule has 0 radical (unpaired) electrons. The van der Waals surface area contributed by atoms with Gasteiger partial charge in [-0.2, -0.15) is 0 Å². The van der Waals surface area contributed by atoms with Crippen molar-refractivity contribution in [3.63, 3.8) is 0 Å². The van der Waals surface area contributed by atoms with Crippen molar-refractivity contribution in [3.8, 4) is 0 Å². The Labute approximate surface area is 108 Å². The summed E-state index contributed by atoms with van der Waals surface area (Å²) in [6.45, 7) is 3.12. The first-order valence-electron chi connectivity index (χ1n) is 5.52. The van der Waals surface area contributed by atoms with Crippen LogP contribution < -0.4 is 10.9 Å². The molecule has 0 aromatic carbocycles. The van der Waals surface area contributed by atoms with E-state index >= 15 is 0 Å². The summed E-state index contributed by atoms with van der Waals surface area (Å²) in [5, 5.41) is 3.23. The van der Waals surface area contributed by atoms with Crippen LogP contribution in [-0.4, -0.2) is 42.1 Å². The highest BCUT2D eigenvalue weighted by atomic mass is 79.9. The Hall–Kier alpha value is -1.30. The molecule has 0 atom stereocenters. The summed E-state index contributed by atoms with van der Waals surface area (Å²) in [5.41, 5.74) is 0.0108. The van der Waals surface area contributed by atoms with Crippen LogP contribution in [-0.2, 0) is 6.54 Å². The molecule has 1 aromatic heterocycles. The molecule has 2 rings (SSSR count). The quantitative estimate of drug-likeness (QED) is 0.884. The zero-order valence-electron chi connectivity index (χ0n) is 9.69. The fourth-order valence-electron chi connectivity index (χ4n) is 1.69. The molecule has 0 unspecified atom stereocenters. The van der Waals surface area contributed by atoms with Crippen molar-refractivity contribution in [1.82, 2.24) is 14.8 Å². The molecule has 17 heavy (non-hydrogen) atoms. The first kappa shape index (κ1) is 12.2. The molecule has 0 spiro atoms. The maximum atomic E-state index is 11.5. The Morgan fingerprint density at radius 1 is 1.53 bits per heavy atom. The summed E-state index contributed by atoms with van der Waals surface area (Å²) in [6.07, 6.45) is 1.80. The lowest BCUT2D eigenvalue weighted by atomic mass is 10.4. The number of aromatic nitrogens is 1. The highest BCUT2D eigenvalue weighted by Gasteiger charge is 2.10. The Bertz CT molecular complexity index is 483. The molecule has 0 bridgehead atoms. The fraction of sp³-hybridized carbons (Fsp3) is 0.455. The number of hydrogen-bond donors (Lipinski definition) is 1. The van der Waals surface area contributed by atoms with E-state index in [9.17, 15) is 4.79 Å². The van der Waals surface area contributed by atoms with Crippen molar-refractivity contribution in [3.05, 3.63) is 33.2 Å². The van der Waals surface area contributed by atoms with Crippen LogP contribution in [0, 0.1) is 0 Å². The topological polar surface area (TPSA) is 49.6 Å². The standard InChI is InChI=1S/C11H15BrN4O/c1-15-6-4-13-11(15)14-5-7-16-8-9(12)2-3-10(16)17/h2-3,8H,4-7H2,1H3,(H,13,14). The molecular weight excluding hydrogens is 284 g/mol. The minimum atomic E-state index is 0.0108. The summed E-state index contributed by atoms with van der Waals surface area (Å²) < 4.78 is 2.58. The average molecular weight is 299 g/mol. The molecule has 1 aliphatic rings. The number of rotatable bonds is 3. The van der Waals surface area contributed by atoms with Gasteiger partial charge in [-0.05, 0) is 22.0 Å². The van der Waals surface area contributed by atoms with Gasteiger partial charge in [0.25, 0.3) is 5.56 Å². The van der Waals surface area contributed by atoms with Gasteiger partial charge in [0.15, 0.2) is 5.96 Å². The number of nitrogens with one attached hydrogen (secondary N) is 1. The van der Waals surface area contributed by atoms with E-state index in [1.54, 1.807) is 22.9 Å². The van der Waals surface area contributed by atoms with Crippen molar-refractivity contribution in [2.24, 2.45) is 4.99 Å². The van der Waals surface area contributed by atoms with E-state index in [-0.39, 0.29) is 5.56 Å². The van der Waals surface area contributed by atoms with Crippen LogP contribution in [0.4, 0.5) is 0 Å². The Morgan fingerprint density at radius 3 is 3.06 bits per heavy atom. The molecule has 0 amide bonds. The molecule has 92 valence electrons. The molecule has 0 saturated heterocycles. The van der Waals surface area contributed by atoms with Crippen LogP contribution in [0.25, 0.3) is 0 Å². The summed E-state index contributed by atoms with van der Waals surface area (Å²) in [4.78, 5) is 17.9. The zero-order valence-corrected chi connectivity index (χ0v) is 11.3. The fourth-order valence-corrected chi connectivity index (χ4v) is 2.07. The maximum Gasteiger partial charge on any atom is 0.250 e. The van der Waals surface area contributed by atoms with Gasteiger partial charge in [0.2, 0.25) is 0 Å². The Kier molecular flexibility index (Phi) is 3.83. The molecular formula is C11H15BrN4O. The maximum absolute atomic E-state index is 11.5. The minimum absolute atomic E-state index is 0.0108. The molecule has 5 nitrogen and oxygen atoms in total. The first-order chi connectivity index (χ1) is 8.16. The van der Waals surface area contributed by atoms with E-state index in [4.69, 9.17) is 0 Å². The van der Waals surface area contributed by atoms with Gasteiger partial charge in [0, 0.05) is 43.4 Å². The van der Waals surface area contributed by atoms with Crippen LogP contribution in [0.15, 0.2) is 32.6 Å². The van der Waals surface area contributed by atoms with Crippen molar-refractivity contribution < 1.29 is 0 Å². The smallest absolute Gasteiger partial charge is 0.250 e. The monoisotopic (exact) mass is 298 g/mol. The summed E-state index contributed by atoms with van der Waals surface area (Å²) >= 11 is 3.35. The second-order valence-corrected chi connectivity index (χ2v) is 4.85. The van der Waals surface area contributed by atoms with Crippen LogP contribution in [0.1, 0.15) is 0 Å². The van der Waals surface area contributed by atoms with E-state index in [2.05, 4.69) is 31.1 Å². The molecule has 0 fully saturated rings. The largest absolute Gasteiger partial charge is 0.354 e. The van der Waals surface area contributed by atoms with Gasteiger partial charge in [-0.15, -0.1) is 0 Å². The van der Waals surface area contributed by atoms with Crippen molar-refractivity contribution in [2.75, 3.05) is 26.7 Å². The predicted octanol–water partition coefficient (Wildman–Crippen LogP) is 0.502. The lowest BCUT2D eigenvalue weighted by molar-refractivity contribution is 0.526. The van der Waals surface area contributed by atoms with Crippen LogP contribution in [0.2, 0.25) is 0 Å². The normalized spacial score (nSPS) is 14.9. The van der Waals surface area contributed by atoms with Crippen LogP contribution >= 0.6 is 15.9 Å². The average Bonchev–Trinajstić information content (AvgIpc) is 2.70. The zero-order chi connectivity index (χ0) is 12.3. The molecule has 2 heterocycles. The first-order valence-corrected chi connectivity index (χ1v) is 6.31. The van der Waals surface area contributed by atoms with Crippen LogP contribution in [0.3, 0.4) is 0 Å². The van der Waals surface area contributed by atoms with E-state index in [0.717, 1.165) is 23.5 Å². The lowest BCUT2D eigenvalue weighted by Crippen LogP contribution is -2.38. The number of nitrogens with zero attached hydrogens (tertiary/aromatic N) is 3. The number of guanidine groups is 1. The van der Waals surface area contributed by atoms with Gasteiger partial charge < -0.3 is 14.8 Å². The minimum Gasteiger partial charge on any atom is -0.354 e. The number of hydrogen-bond acceptors (Lipinski definition) is 4. The Balaban J connectivity index is 1.90. The van der Waals surface area contributed by atoms with Crippen LogP contribution in [0.5, 0.6) is 0 Å². The Morgan fingerprint density at radius 2 is 2.35 bits per heavy atom. The molecule has 1 aliphatic heterocycles. The SMILES string of the molecule is CN1CCN=C1NCCn1cc(Br)ccc1=O. The number of halogens is 1. The van der Waals surface area contributed by atoms with Gasteiger partial charge in [-0.1, -0.05) is 0 Å². The number of pyridine rings is 1. The summed E-state index contributed by atoms with van der Waals surface area (Å²) in [6, 6.07) is 3.31. The third-order valence-electron chi connectivity index (χ3n) is 2.64. The molecule has 0 saturated carbocycles. The predicted molar refractivity (Wildman–Crippen MR) is 71.3 cm³/mol. The number of likely N-dealkylation sites (N-methyl/N-ethyl adjacent to an activating group) is 1. The van der Waals surface area contributed by atoms with E-state index in [1.165, 1.54) is 0 Å². The third kappa shape index (κ3) is 3.09. The third-order valence-corrected chi connectivity index (χ3v) is 3.11. The lowest BCUT2D eigenvalue weighted by Gasteiger charge is -2.15. The number of aliphatic imine (C=N–C) groups is 1. The van der Waals surface area contributed by atoms with E-state index in [0.29, 0.717) is 13.1 Å². The van der Waals surface area contributed by atoms with Crippen molar-refractivity contribution >= 4 is 21.9 Å². The van der Waals surface area contributed by atoms with E-state index in [1.807, 2.05) is 7.05 Å². The summed E-state index contributed by atoms with van der Waals surface area (Å²) in [7, 11) is 2.00. The second kappa shape index (κ2) is 5.35. The van der Waals surface area contributed by atoms with Gasteiger partial charge >= 0.3 is 0 Å². The highest BCUT2D eigenvalue weighted by molar-refractivity contribution is 9.10. The molecule has 1 aromatic rings. The molecule has 6 heteroatoms. The van der Waals surface area contributed by atoms with Gasteiger partial charge in [-0.25, -0.2) is 0 Å². The molecule has 0 aliphatic carbocycles. The van der Waals surface area contributed by atoms with Gasteiger partial charge in [0.1, 0.15) is 0 Å². The second-order valence-electron chi connectivity index (χ2n) is 3.93. The molecule has 1 N–H and O–H groups in total. The highest BCUT2D eigenvalue weighted by Crippen LogP contribution is 2.04. The van der Waals surface area contributed by atoms with E-state index < -0.39 is 0 Å². The van der Waals surface area contributed by atoms with Gasteiger partial charge in [0.05, 0.1) is 6.54 Å². The van der Waals surface area contributed by atoms with Gasteiger partial charge in [-0.3, -0.25) is 9.79 Å².